The number of esters is 1. The summed E-state index contributed by atoms with van der Waals surface area (Å²) in [5.41, 5.74) is 2.09. The molecule has 5 rings (SSSR count). The summed E-state index contributed by atoms with van der Waals surface area (Å²) in [6, 6.07) is 20.0. The van der Waals surface area contributed by atoms with E-state index < -0.39 is 5.41 Å². The quantitative estimate of drug-likeness (QED) is 0.424. The minimum atomic E-state index is -0.882. The molecule has 3 heteroatoms. The Morgan fingerprint density at radius 2 is 1.70 bits per heavy atom. The number of rotatable bonds is 0. The molecular weight excluding hydrogens is 352 g/mol. The number of carbonyl (C=O) groups is 1. The van der Waals surface area contributed by atoms with Gasteiger partial charge >= 0.3 is 5.97 Å². The monoisotopic (exact) mass is 362 g/mol. The van der Waals surface area contributed by atoms with Crippen molar-refractivity contribution in [3.8, 4) is 5.75 Å². The smallest absolute Gasteiger partial charge is 0.331 e. The number of halogens is 1. The fourth-order valence-electron chi connectivity index (χ4n) is 3.80. The zero-order valence-corrected chi connectivity index (χ0v) is 13.6. The molecule has 0 radical (unpaired) electrons. The number of carbonyl (C=O) groups excluding carboxylic acids is 1. The van der Waals surface area contributed by atoms with Crippen LogP contribution in [0.15, 0.2) is 65.1 Å². The Bertz CT molecular complexity index is 1030. The normalized spacial score (nSPS) is 21.3. The maximum absolute atomic E-state index is 13.0. The largest absolute Gasteiger partial charge is 0.425 e. The van der Waals surface area contributed by atoms with Crippen molar-refractivity contribution >= 4 is 38.7 Å². The van der Waals surface area contributed by atoms with Crippen LogP contribution < -0.4 is 4.74 Å². The highest BCUT2D eigenvalue weighted by Gasteiger charge is 2.56. The van der Waals surface area contributed by atoms with Crippen molar-refractivity contribution in [2.24, 2.45) is 0 Å². The SMILES string of the molecule is O=C1Oc2ccc3ccccc3c2C12C(Br)=Cc1ccccc12. The molecule has 1 spiro atoms. The van der Waals surface area contributed by atoms with Crippen molar-refractivity contribution in [1.82, 2.24) is 0 Å². The Kier molecular flexibility index (Phi) is 2.46. The molecule has 2 aliphatic rings. The average Bonchev–Trinajstić information content (AvgIpc) is 3.04. The summed E-state index contributed by atoms with van der Waals surface area (Å²) >= 11 is 3.66. The molecule has 1 aliphatic carbocycles. The molecule has 0 aromatic heterocycles. The molecule has 0 saturated heterocycles. The fraction of sp³-hybridized carbons (Fsp3) is 0.0500. The first-order valence-corrected chi connectivity index (χ1v) is 8.24. The molecule has 23 heavy (non-hydrogen) atoms. The summed E-state index contributed by atoms with van der Waals surface area (Å²) < 4.78 is 6.51. The van der Waals surface area contributed by atoms with Crippen LogP contribution >= 0.6 is 15.9 Å². The Hall–Kier alpha value is -2.39. The first-order valence-electron chi connectivity index (χ1n) is 7.44. The van der Waals surface area contributed by atoms with E-state index in [4.69, 9.17) is 4.74 Å². The molecule has 0 bridgehead atoms. The first kappa shape index (κ1) is 13.1. The van der Waals surface area contributed by atoms with Crippen LogP contribution in [0.4, 0.5) is 0 Å². The number of hydrogen-bond donors (Lipinski definition) is 0. The van der Waals surface area contributed by atoms with Crippen molar-refractivity contribution in [2.45, 2.75) is 5.41 Å². The highest BCUT2D eigenvalue weighted by atomic mass is 79.9. The molecule has 1 aliphatic heterocycles. The van der Waals surface area contributed by atoms with Crippen LogP contribution in [-0.4, -0.2) is 5.97 Å². The van der Waals surface area contributed by atoms with E-state index in [1.807, 2.05) is 54.6 Å². The second kappa shape index (κ2) is 4.33. The van der Waals surface area contributed by atoms with Gasteiger partial charge in [0.05, 0.1) is 0 Å². The molecule has 1 heterocycles. The lowest BCUT2D eigenvalue weighted by Gasteiger charge is -2.24. The third-order valence-corrected chi connectivity index (χ3v) is 5.60. The summed E-state index contributed by atoms with van der Waals surface area (Å²) in [5, 5.41) is 2.16. The third kappa shape index (κ3) is 1.46. The van der Waals surface area contributed by atoms with Crippen LogP contribution in [0, 0.1) is 0 Å². The third-order valence-electron chi connectivity index (χ3n) is 4.78. The molecule has 1 unspecified atom stereocenters. The number of fused-ring (bicyclic) bond motifs is 6. The first-order chi connectivity index (χ1) is 11.2. The van der Waals surface area contributed by atoms with Crippen molar-refractivity contribution in [1.29, 1.82) is 0 Å². The van der Waals surface area contributed by atoms with Gasteiger partial charge in [-0.05, 0) is 34.0 Å². The van der Waals surface area contributed by atoms with Crippen LogP contribution in [0.1, 0.15) is 16.7 Å². The highest BCUT2D eigenvalue weighted by molar-refractivity contribution is 9.12. The van der Waals surface area contributed by atoms with Crippen LogP contribution in [0.5, 0.6) is 5.75 Å². The van der Waals surface area contributed by atoms with Gasteiger partial charge in [0.25, 0.3) is 0 Å². The van der Waals surface area contributed by atoms with E-state index in [1.54, 1.807) is 0 Å². The average molecular weight is 363 g/mol. The molecule has 0 fully saturated rings. The molecule has 0 N–H and O–H groups in total. The molecular formula is C20H11BrO2. The maximum Gasteiger partial charge on any atom is 0.331 e. The zero-order valence-electron chi connectivity index (χ0n) is 12.0. The topological polar surface area (TPSA) is 26.3 Å². The van der Waals surface area contributed by atoms with Crippen molar-refractivity contribution in [3.05, 3.63) is 81.8 Å². The van der Waals surface area contributed by atoms with Gasteiger partial charge in [0.2, 0.25) is 0 Å². The predicted octanol–water partition coefficient (Wildman–Crippen LogP) is 4.79. The van der Waals surface area contributed by atoms with Crippen LogP contribution in [-0.2, 0) is 10.2 Å². The second-order valence-electron chi connectivity index (χ2n) is 5.88. The van der Waals surface area contributed by atoms with Gasteiger partial charge in [0.1, 0.15) is 5.75 Å². The van der Waals surface area contributed by atoms with Crippen LogP contribution in [0.3, 0.4) is 0 Å². The molecule has 3 aromatic carbocycles. The maximum atomic E-state index is 13.0. The molecule has 1 atom stereocenters. The number of hydrogen-bond acceptors (Lipinski definition) is 2. The molecule has 0 saturated carbocycles. The Morgan fingerprint density at radius 3 is 2.61 bits per heavy atom. The van der Waals surface area contributed by atoms with Gasteiger partial charge < -0.3 is 4.74 Å². The van der Waals surface area contributed by atoms with E-state index in [-0.39, 0.29) is 5.97 Å². The highest BCUT2D eigenvalue weighted by Crippen LogP contribution is 2.57. The lowest BCUT2D eigenvalue weighted by atomic mass is 9.75. The van der Waals surface area contributed by atoms with E-state index in [1.165, 1.54) is 0 Å². The predicted molar refractivity (Wildman–Crippen MR) is 93.7 cm³/mol. The second-order valence-corrected chi connectivity index (χ2v) is 6.73. The van der Waals surface area contributed by atoms with Gasteiger partial charge in [0.15, 0.2) is 5.41 Å². The van der Waals surface area contributed by atoms with E-state index in [2.05, 4.69) is 28.1 Å². The minimum absolute atomic E-state index is 0.239. The van der Waals surface area contributed by atoms with Crippen molar-refractivity contribution in [3.63, 3.8) is 0 Å². The summed E-state index contributed by atoms with van der Waals surface area (Å²) in [6.45, 7) is 0. The molecule has 0 amide bonds. The van der Waals surface area contributed by atoms with Gasteiger partial charge in [0, 0.05) is 10.0 Å². The summed E-state index contributed by atoms with van der Waals surface area (Å²) in [7, 11) is 0. The minimum Gasteiger partial charge on any atom is -0.425 e. The van der Waals surface area contributed by atoms with E-state index in [9.17, 15) is 4.79 Å². The van der Waals surface area contributed by atoms with Gasteiger partial charge in [-0.1, -0.05) is 70.5 Å². The Labute approximate surface area is 141 Å². The lowest BCUT2D eigenvalue weighted by molar-refractivity contribution is -0.135. The molecule has 110 valence electrons. The van der Waals surface area contributed by atoms with Gasteiger partial charge in [-0.25, -0.2) is 4.79 Å². The Balaban J connectivity index is 1.97. The standard InChI is InChI=1S/C20H11BrO2/c21-17-11-13-6-2-4-8-15(13)20(17)18-14-7-3-1-5-12(14)9-10-16(18)23-19(20)22/h1-11H. The van der Waals surface area contributed by atoms with Gasteiger partial charge in [-0.3, -0.25) is 0 Å². The summed E-state index contributed by atoms with van der Waals surface area (Å²) in [5.74, 6) is 0.410. The van der Waals surface area contributed by atoms with Gasteiger partial charge in [-0.2, -0.15) is 0 Å². The summed E-state index contributed by atoms with van der Waals surface area (Å²) in [4.78, 5) is 13.0. The van der Waals surface area contributed by atoms with Gasteiger partial charge in [-0.15, -0.1) is 0 Å². The zero-order chi connectivity index (χ0) is 15.6. The lowest BCUT2D eigenvalue weighted by Crippen LogP contribution is -2.34. The fourth-order valence-corrected chi connectivity index (χ4v) is 4.62. The number of ether oxygens (including phenoxy) is 1. The number of benzene rings is 3. The van der Waals surface area contributed by atoms with Crippen LogP contribution in [0.2, 0.25) is 0 Å². The molecule has 3 aromatic rings. The Morgan fingerprint density at radius 1 is 0.913 bits per heavy atom. The van der Waals surface area contributed by atoms with E-state index in [0.29, 0.717) is 5.75 Å². The van der Waals surface area contributed by atoms with E-state index in [0.717, 1.165) is 31.9 Å². The van der Waals surface area contributed by atoms with Crippen molar-refractivity contribution in [2.75, 3.05) is 0 Å². The van der Waals surface area contributed by atoms with Crippen molar-refractivity contribution < 1.29 is 9.53 Å². The van der Waals surface area contributed by atoms with Crippen LogP contribution in [0.25, 0.3) is 16.8 Å². The van der Waals surface area contributed by atoms with E-state index >= 15 is 0 Å². The molecule has 2 nitrogen and oxygen atoms in total. The summed E-state index contributed by atoms with van der Waals surface area (Å²) in [6.07, 6.45) is 2.02.